The molecule has 3 N–H and O–H groups in total. The number of nitrogens with one attached hydrogen (secondary N) is 1. The van der Waals surface area contributed by atoms with Gasteiger partial charge in [0.15, 0.2) is 5.82 Å². The maximum absolute atomic E-state index is 9.32. The molecule has 6 nitrogen and oxygen atoms in total. The fourth-order valence-electron chi connectivity index (χ4n) is 1.52. The zero-order valence-corrected chi connectivity index (χ0v) is 10.00. The first-order valence-corrected chi connectivity index (χ1v) is 5.63. The van der Waals surface area contributed by atoms with Gasteiger partial charge in [-0.1, -0.05) is 17.3 Å². The maximum atomic E-state index is 9.32. The topological polar surface area (TPSA) is 91.4 Å². The van der Waals surface area contributed by atoms with Crippen LogP contribution in [0.2, 0.25) is 0 Å². The summed E-state index contributed by atoms with van der Waals surface area (Å²) in [5.74, 6) is 0.990. The number of hydrogen-bond donors (Lipinski definition) is 3. The molecule has 18 heavy (non-hydrogen) atoms. The van der Waals surface area contributed by atoms with Crippen molar-refractivity contribution in [2.24, 2.45) is 0 Å². The van der Waals surface area contributed by atoms with E-state index in [0.717, 1.165) is 11.3 Å². The first-order chi connectivity index (χ1) is 8.70. The van der Waals surface area contributed by atoms with E-state index in [-0.39, 0.29) is 13.2 Å². The molecule has 0 fully saturated rings. The average Bonchev–Trinajstić information content (AvgIpc) is 2.83. The highest BCUT2D eigenvalue weighted by Gasteiger charge is 2.11. The first kappa shape index (κ1) is 12.5. The molecule has 1 aromatic heterocycles. The Morgan fingerprint density at radius 1 is 1.39 bits per heavy atom. The zero-order valence-electron chi connectivity index (χ0n) is 10.00. The van der Waals surface area contributed by atoms with E-state index in [1.165, 1.54) is 0 Å². The Hall–Kier alpha value is -1.92. The lowest BCUT2D eigenvalue weighted by atomic mass is 10.1. The van der Waals surface area contributed by atoms with Crippen LogP contribution in [0, 0.1) is 6.92 Å². The smallest absolute Gasteiger partial charge is 0.260 e. The van der Waals surface area contributed by atoms with E-state index in [1.807, 2.05) is 24.3 Å². The van der Waals surface area contributed by atoms with Crippen molar-refractivity contribution in [3.05, 3.63) is 30.1 Å². The SMILES string of the molecule is Cc1noc(-c2ccccc2NCC(O)CO)n1. The standard InChI is InChI=1S/C12H15N3O3/c1-8-14-12(18-15-8)10-4-2-3-5-11(10)13-6-9(17)7-16/h2-5,9,13,16-17H,6-7H2,1H3. The van der Waals surface area contributed by atoms with E-state index in [1.54, 1.807) is 6.92 Å². The highest BCUT2D eigenvalue weighted by molar-refractivity contribution is 5.72. The predicted molar refractivity (Wildman–Crippen MR) is 66.1 cm³/mol. The molecule has 0 spiro atoms. The lowest BCUT2D eigenvalue weighted by Gasteiger charge is -2.12. The van der Waals surface area contributed by atoms with Crippen LogP contribution < -0.4 is 5.32 Å². The lowest BCUT2D eigenvalue weighted by molar-refractivity contribution is 0.105. The predicted octanol–water partition coefficient (Wildman–Crippen LogP) is 0.810. The van der Waals surface area contributed by atoms with Gasteiger partial charge >= 0.3 is 0 Å². The van der Waals surface area contributed by atoms with Gasteiger partial charge in [-0.3, -0.25) is 0 Å². The van der Waals surface area contributed by atoms with Crippen LogP contribution in [0.15, 0.2) is 28.8 Å². The van der Waals surface area contributed by atoms with Crippen molar-refractivity contribution in [3.8, 4) is 11.5 Å². The van der Waals surface area contributed by atoms with Crippen molar-refractivity contribution in [3.63, 3.8) is 0 Å². The molecule has 0 aliphatic rings. The Balaban J connectivity index is 2.20. The lowest BCUT2D eigenvalue weighted by Crippen LogP contribution is -2.23. The number of aromatic nitrogens is 2. The second-order valence-corrected chi connectivity index (χ2v) is 3.91. The number of rotatable bonds is 5. The Kier molecular flexibility index (Phi) is 3.91. The minimum Gasteiger partial charge on any atom is -0.394 e. The van der Waals surface area contributed by atoms with Gasteiger partial charge in [-0.15, -0.1) is 0 Å². The monoisotopic (exact) mass is 249 g/mol. The molecular weight excluding hydrogens is 234 g/mol. The van der Waals surface area contributed by atoms with Crippen molar-refractivity contribution in [2.45, 2.75) is 13.0 Å². The third-order valence-electron chi connectivity index (χ3n) is 2.42. The van der Waals surface area contributed by atoms with Crippen molar-refractivity contribution < 1.29 is 14.7 Å². The molecular formula is C12H15N3O3. The summed E-state index contributed by atoms with van der Waals surface area (Å²) in [5.41, 5.74) is 1.54. The molecule has 0 aliphatic carbocycles. The van der Waals surface area contributed by atoms with Gasteiger partial charge < -0.3 is 20.1 Å². The summed E-state index contributed by atoms with van der Waals surface area (Å²) in [6, 6.07) is 7.42. The summed E-state index contributed by atoms with van der Waals surface area (Å²) in [4.78, 5) is 4.16. The Bertz CT molecular complexity index is 513. The Morgan fingerprint density at radius 2 is 2.17 bits per heavy atom. The summed E-state index contributed by atoms with van der Waals surface area (Å²) in [6.45, 7) is 1.72. The summed E-state index contributed by atoms with van der Waals surface area (Å²) >= 11 is 0. The van der Waals surface area contributed by atoms with Gasteiger partial charge in [0.05, 0.1) is 18.3 Å². The van der Waals surface area contributed by atoms with Crippen LogP contribution in [-0.2, 0) is 0 Å². The van der Waals surface area contributed by atoms with Crippen LogP contribution >= 0.6 is 0 Å². The maximum Gasteiger partial charge on any atom is 0.260 e. The quantitative estimate of drug-likeness (QED) is 0.726. The fourth-order valence-corrected chi connectivity index (χ4v) is 1.52. The molecule has 0 saturated carbocycles. The molecule has 1 unspecified atom stereocenters. The van der Waals surface area contributed by atoms with Crippen LogP contribution in [0.5, 0.6) is 0 Å². The third-order valence-corrected chi connectivity index (χ3v) is 2.42. The largest absolute Gasteiger partial charge is 0.394 e. The molecule has 2 aromatic rings. The Morgan fingerprint density at radius 3 is 2.83 bits per heavy atom. The van der Waals surface area contributed by atoms with Crippen molar-refractivity contribution in [1.82, 2.24) is 10.1 Å². The number of anilines is 1. The van der Waals surface area contributed by atoms with Gasteiger partial charge in [0.1, 0.15) is 0 Å². The number of nitrogens with zero attached hydrogens (tertiary/aromatic N) is 2. The average molecular weight is 249 g/mol. The molecule has 6 heteroatoms. The molecule has 96 valence electrons. The minimum atomic E-state index is -0.803. The number of benzene rings is 1. The van der Waals surface area contributed by atoms with Crippen molar-refractivity contribution in [1.29, 1.82) is 0 Å². The molecule has 0 saturated heterocycles. The fraction of sp³-hybridized carbons (Fsp3) is 0.333. The highest BCUT2D eigenvalue weighted by Crippen LogP contribution is 2.26. The number of aryl methyl sites for hydroxylation is 1. The van der Waals surface area contributed by atoms with Gasteiger partial charge in [-0.2, -0.15) is 4.98 Å². The normalized spacial score (nSPS) is 12.4. The highest BCUT2D eigenvalue weighted by atomic mass is 16.5. The summed E-state index contributed by atoms with van der Waals surface area (Å²) in [7, 11) is 0. The number of para-hydroxylation sites is 1. The molecule has 1 atom stereocenters. The van der Waals surface area contributed by atoms with Crippen molar-refractivity contribution in [2.75, 3.05) is 18.5 Å². The summed E-state index contributed by atoms with van der Waals surface area (Å²) in [5, 5.41) is 24.9. The van der Waals surface area contributed by atoms with E-state index in [0.29, 0.717) is 11.7 Å². The second-order valence-electron chi connectivity index (χ2n) is 3.91. The van der Waals surface area contributed by atoms with Crippen LogP contribution in [0.4, 0.5) is 5.69 Å². The number of hydrogen-bond acceptors (Lipinski definition) is 6. The third kappa shape index (κ3) is 2.85. The van der Waals surface area contributed by atoms with Gasteiger partial charge in [0.2, 0.25) is 0 Å². The number of aliphatic hydroxyl groups is 2. The molecule has 1 heterocycles. The zero-order chi connectivity index (χ0) is 13.0. The summed E-state index contributed by atoms with van der Waals surface area (Å²) in [6.07, 6.45) is -0.803. The van der Waals surface area contributed by atoms with Gasteiger partial charge in [-0.05, 0) is 19.1 Å². The van der Waals surface area contributed by atoms with E-state index >= 15 is 0 Å². The minimum absolute atomic E-state index is 0.251. The van der Waals surface area contributed by atoms with Crippen LogP contribution in [0.25, 0.3) is 11.5 Å². The van der Waals surface area contributed by atoms with Crippen LogP contribution in [-0.4, -0.2) is 39.6 Å². The molecule has 0 bridgehead atoms. The Labute approximate surface area is 104 Å². The number of aliphatic hydroxyl groups excluding tert-OH is 2. The van der Waals surface area contributed by atoms with E-state index < -0.39 is 6.10 Å². The van der Waals surface area contributed by atoms with E-state index in [4.69, 9.17) is 9.63 Å². The molecule has 0 amide bonds. The molecule has 0 aliphatic heterocycles. The first-order valence-electron chi connectivity index (χ1n) is 5.63. The van der Waals surface area contributed by atoms with Crippen LogP contribution in [0.3, 0.4) is 0 Å². The second kappa shape index (κ2) is 5.61. The molecule has 1 aromatic carbocycles. The van der Waals surface area contributed by atoms with Gasteiger partial charge in [0.25, 0.3) is 5.89 Å². The van der Waals surface area contributed by atoms with Crippen LogP contribution in [0.1, 0.15) is 5.82 Å². The van der Waals surface area contributed by atoms with Gasteiger partial charge in [0, 0.05) is 12.2 Å². The van der Waals surface area contributed by atoms with E-state index in [9.17, 15) is 5.11 Å². The van der Waals surface area contributed by atoms with Gasteiger partial charge in [-0.25, -0.2) is 0 Å². The van der Waals surface area contributed by atoms with Crippen molar-refractivity contribution >= 4 is 5.69 Å². The molecule has 0 radical (unpaired) electrons. The summed E-state index contributed by atoms with van der Waals surface area (Å²) < 4.78 is 5.11. The van der Waals surface area contributed by atoms with E-state index in [2.05, 4.69) is 15.5 Å². The molecule has 2 rings (SSSR count).